The molecule has 2 aromatic heterocycles. The van der Waals surface area contributed by atoms with Crippen LogP contribution in [0.4, 0.5) is 15.9 Å². The molecule has 0 bridgehead atoms. The van der Waals surface area contributed by atoms with Crippen molar-refractivity contribution in [3.63, 3.8) is 0 Å². The minimum absolute atomic E-state index is 0.00395. The Morgan fingerprint density at radius 2 is 1.75 bits per heavy atom. The zero-order valence-electron chi connectivity index (χ0n) is 27.1. The number of nitrogens with one attached hydrogen (secondary N) is 1. The molecule has 5 aromatic rings. The summed E-state index contributed by atoms with van der Waals surface area (Å²) in [5.41, 5.74) is 0.202. The smallest absolute Gasteiger partial charge is 0.336 e. The van der Waals surface area contributed by atoms with Crippen molar-refractivity contribution in [1.82, 2.24) is 18.6 Å². The maximum absolute atomic E-state index is 15.3. The molecule has 0 saturated carbocycles. The van der Waals surface area contributed by atoms with Gasteiger partial charge in [-0.25, -0.2) is 9.18 Å². The molecule has 1 fully saturated rings. The van der Waals surface area contributed by atoms with Gasteiger partial charge >= 0.3 is 5.69 Å². The third-order valence-electron chi connectivity index (χ3n) is 8.89. The van der Waals surface area contributed by atoms with Crippen molar-refractivity contribution in [1.29, 1.82) is 0 Å². The Bertz CT molecular complexity index is 2240. The molecule has 248 valence electrons. The molecule has 2 N–H and O–H groups in total. The summed E-state index contributed by atoms with van der Waals surface area (Å²) in [5, 5.41) is 13.0. The van der Waals surface area contributed by atoms with E-state index in [1.54, 1.807) is 54.6 Å². The number of benzene rings is 3. The molecule has 11 nitrogen and oxygen atoms in total. The molecule has 1 amide bonds. The largest absolute Gasteiger partial charge is 0.497 e. The standard InChI is InChI=1S/C36H36FN5O6/c1-5-22-11-14-29(28(37)17-22)38-32-30-31(21(2)33(44)39(32)3)42(25-8-6-7-24(18-25)34(45)40-16-15-26(43)20-40)36(47)41(35(30)46)19-23-9-12-27(48-4)13-10-23/h6-14,17-18,26,38,43H,5,15-16,19-20H2,1-4H3. The van der Waals surface area contributed by atoms with Gasteiger partial charge in [-0.05, 0) is 73.4 Å². The molecule has 1 aliphatic rings. The molecule has 0 spiro atoms. The molecule has 6 rings (SSSR count). The normalized spacial score (nSPS) is 14.5. The van der Waals surface area contributed by atoms with Crippen LogP contribution in [0.25, 0.3) is 16.6 Å². The Kier molecular flexibility index (Phi) is 8.76. The number of aliphatic hydroxyl groups is 1. The van der Waals surface area contributed by atoms with Crippen molar-refractivity contribution in [3.8, 4) is 11.4 Å². The first-order valence-electron chi connectivity index (χ1n) is 15.7. The van der Waals surface area contributed by atoms with E-state index in [9.17, 15) is 24.3 Å². The van der Waals surface area contributed by atoms with E-state index in [-0.39, 0.29) is 58.2 Å². The van der Waals surface area contributed by atoms with Crippen LogP contribution in [0.15, 0.2) is 81.1 Å². The number of aryl methyl sites for hydroxylation is 2. The van der Waals surface area contributed by atoms with Crippen LogP contribution in [-0.2, 0) is 20.0 Å². The van der Waals surface area contributed by atoms with E-state index in [1.165, 1.54) is 47.2 Å². The number of β-amino-alcohol motifs (C(OH)–C–C–N with tert-alkyl or cyclic N) is 1. The highest BCUT2D eigenvalue weighted by Crippen LogP contribution is 2.28. The van der Waals surface area contributed by atoms with Crippen LogP contribution in [0.1, 0.15) is 40.4 Å². The van der Waals surface area contributed by atoms with Crippen molar-refractivity contribution in [3.05, 3.63) is 126 Å². The summed E-state index contributed by atoms with van der Waals surface area (Å²) >= 11 is 0. The van der Waals surface area contributed by atoms with Crippen LogP contribution >= 0.6 is 0 Å². The minimum atomic E-state index is -0.731. The maximum atomic E-state index is 15.3. The maximum Gasteiger partial charge on any atom is 0.336 e. The number of halogens is 1. The molecule has 3 aromatic carbocycles. The van der Waals surface area contributed by atoms with Gasteiger partial charge in [0.2, 0.25) is 0 Å². The number of carbonyl (C=O) groups is 1. The molecule has 0 aliphatic carbocycles. The van der Waals surface area contributed by atoms with Crippen LogP contribution in [0.2, 0.25) is 0 Å². The van der Waals surface area contributed by atoms with Gasteiger partial charge in [-0.2, -0.15) is 0 Å². The number of fused-ring (bicyclic) bond motifs is 1. The van der Waals surface area contributed by atoms with Gasteiger partial charge < -0.3 is 20.1 Å². The van der Waals surface area contributed by atoms with Gasteiger partial charge in [0.05, 0.1) is 36.6 Å². The number of pyridine rings is 1. The Morgan fingerprint density at radius 1 is 1.02 bits per heavy atom. The molecule has 48 heavy (non-hydrogen) atoms. The summed E-state index contributed by atoms with van der Waals surface area (Å²) in [6.45, 7) is 3.89. The van der Waals surface area contributed by atoms with Gasteiger partial charge in [-0.15, -0.1) is 0 Å². The minimum Gasteiger partial charge on any atom is -0.497 e. The lowest BCUT2D eigenvalue weighted by molar-refractivity contribution is 0.0765. The number of methoxy groups -OCH3 is 1. The fourth-order valence-electron chi connectivity index (χ4n) is 6.18. The predicted octanol–water partition coefficient (Wildman–Crippen LogP) is 3.87. The van der Waals surface area contributed by atoms with Crippen molar-refractivity contribution in [2.24, 2.45) is 7.05 Å². The second kappa shape index (κ2) is 13.0. The molecular formula is C36H36FN5O6. The number of hydrogen-bond acceptors (Lipinski definition) is 7. The third-order valence-corrected chi connectivity index (χ3v) is 8.89. The number of likely N-dealkylation sites (tertiary alicyclic amines) is 1. The number of ether oxygens (including phenoxy) is 1. The number of carbonyl (C=O) groups excluding carboxylic acids is 1. The van der Waals surface area contributed by atoms with Crippen LogP contribution in [0.3, 0.4) is 0 Å². The molecule has 1 aliphatic heterocycles. The van der Waals surface area contributed by atoms with E-state index < -0.39 is 28.7 Å². The molecular weight excluding hydrogens is 617 g/mol. The lowest BCUT2D eigenvalue weighted by Gasteiger charge is -2.21. The topological polar surface area (TPSA) is 128 Å². The quantitative estimate of drug-likeness (QED) is 0.260. The number of aliphatic hydroxyl groups excluding tert-OH is 1. The Labute approximate surface area is 275 Å². The second-order valence-electron chi connectivity index (χ2n) is 12.0. The first-order valence-corrected chi connectivity index (χ1v) is 15.7. The van der Waals surface area contributed by atoms with Crippen molar-refractivity contribution >= 4 is 28.3 Å². The summed E-state index contributed by atoms with van der Waals surface area (Å²) in [6, 6.07) is 18.0. The predicted molar refractivity (Wildman–Crippen MR) is 181 cm³/mol. The van der Waals surface area contributed by atoms with E-state index in [1.807, 2.05) is 6.92 Å². The Balaban J connectivity index is 1.64. The summed E-state index contributed by atoms with van der Waals surface area (Å²) < 4.78 is 24.1. The van der Waals surface area contributed by atoms with Crippen molar-refractivity contribution in [2.75, 3.05) is 25.5 Å². The summed E-state index contributed by atoms with van der Waals surface area (Å²) in [6.07, 6.45) is 0.468. The van der Waals surface area contributed by atoms with Gasteiger partial charge in [0.1, 0.15) is 22.8 Å². The monoisotopic (exact) mass is 653 g/mol. The SMILES string of the molecule is CCc1ccc(Nc2c3c(=O)n(Cc4ccc(OC)cc4)c(=O)n(-c4cccc(C(=O)N5CCC(O)C5)c4)c3c(C)c(=O)n2C)c(F)c1. The zero-order chi connectivity index (χ0) is 34.3. The molecule has 1 atom stereocenters. The summed E-state index contributed by atoms with van der Waals surface area (Å²) in [4.78, 5) is 57.5. The number of hydrogen-bond donors (Lipinski definition) is 2. The number of aromatic nitrogens is 3. The lowest BCUT2D eigenvalue weighted by atomic mass is 10.1. The van der Waals surface area contributed by atoms with E-state index in [0.29, 0.717) is 30.7 Å². The van der Waals surface area contributed by atoms with Crippen molar-refractivity contribution in [2.45, 2.75) is 39.3 Å². The fraction of sp³-hybridized carbons (Fsp3) is 0.278. The number of anilines is 2. The highest BCUT2D eigenvalue weighted by Gasteiger charge is 2.27. The van der Waals surface area contributed by atoms with Crippen LogP contribution < -0.4 is 26.9 Å². The van der Waals surface area contributed by atoms with Crippen molar-refractivity contribution < 1.29 is 19.0 Å². The van der Waals surface area contributed by atoms with E-state index in [2.05, 4.69) is 5.32 Å². The molecule has 1 unspecified atom stereocenters. The lowest BCUT2D eigenvalue weighted by Crippen LogP contribution is -2.42. The van der Waals surface area contributed by atoms with Crippen LogP contribution in [0.5, 0.6) is 5.75 Å². The molecule has 0 radical (unpaired) electrons. The first kappa shape index (κ1) is 32.5. The van der Waals surface area contributed by atoms with E-state index >= 15 is 4.39 Å². The average Bonchev–Trinajstić information content (AvgIpc) is 3.54. The summed E-state index contributed by atoms with van der Waals surface area (Å²) in [7, 11) is 3.01. The van der Waals surface area contributed by atoms with Gasteiger partial charge in [0.15, 0.2) is 0 Å². The van der Waals surface area contributed by atoms with Gasteiger partial charge in [-0.3, -0.25) is 28.1 Å². The van der Waals surface area contributed by atoms with Crippen LogP contribution in [-0.4, -0.2) is 55.9 Å². The van der Waals surface area contributed by atoms with Gasteiger partial charge in [-0.1, -0.05) is 31.2 Å². The highest BCUT2D eigenvalue weighted by atomic mass is 19.1. The molecule has 3 heterocycles. The molecule has 1 saturated heterocycles. The zero-order valence-corrected chi connectivity index (χ0v) is 27.1. The number of nitrogens with zero attached hydrogens (tertiary/aromatic N) is 4. The molecule has 12 heteroatoms. The Morgan fingerprint density at radius 3 is 2.40 bits per heavy atom. The third kappa shape index (κ3) is 5.79. The van der Waals surface area contributed by atoms with E-state index in [4.69, 9.17) is 4.74 Å². The number of rotatable bonds is 8. The fourth-order valence-corrected chi connectivity index (χ4v) is 6.18. The second-order valence-corrected chi connectivity index (χ2v) is 12.0. The van der Waals surface area contributed by atoms with E-state index in [0.717, 1.165) is 10.1 Å². The first-order chi connectivity index (χ1) is 23.0. The Hall–Kier alpha value is -5.49. The van der Waals surface area contributed by atoms with Gasteiger partial charge in [0.25, 0.3) is 17.0 Å². The highest BCUT2D eigenvalue weighted by molar-refractivity contribution is 5.96. The van der Waals surface area contributed by atoms with Gasteiger partial charge in [0, 0.05) is 31.3 Å². The summed E-state index contributed by atoms with van der Waals surface area (Å²) in [5.74, 6) is -0.287. The average molecular weight is 654 g/mol. The number of amides is 1. The van der Waals surface area contributed by atoms with Crippen LogP contribution in [0, 0.1) is 12.7 Å².